The molecule has 0 atom stereocenters. The summed E-state index contributed by atoms with van der Waals surface area (Å²) in [6.07, 6.45) is 3.30. The van der Waals surface area contributed by atoms with Crippen LogP contribution in [0.4, 0.5) is 0 Å². The number of carboxylic acid groups (broad SMARTS) is 1. The molecule has 8 heteroatoms. The number of thioether (sulfide) groups is 1. The molecule has 3 N–H and O–H groups in total. The van der Waals surface area contributed by atoms with Crippen LogP contribution in [0.15, 0.2) is 17.6 Å². The molecule has 0 spiro atoms. The van der Waals surface area contributed by atoms with Crippen LogP contribution in [0.5, 0.6) is 0 Å². The molecule has 94 valence electrons. The number of ether oxygens (including phenoxy) is 1. The number of aromatic nitrogens is 2. The Morgan fingerprint density at radius 1 is 1.59 bits per heavy atom. The van der Waals surface area contributed by atoms with Gasteiger partial charge < -0.3 is 20.1 Å². The number of imidazole rings is 1. The third-order valence-corrected chi connectivity index (χ3v) is 2.71. The van der Waals surface area contributed by atoms with Gasteiger partial charge in [0.1, 0.15) is 6.61 Å². The Labute approximate surface area is 102 Å². The monoisotopic (exact) mass is 259 g/mol. The fraction of sp³-hybridized carbons (Fsp3) is 0.444. The molecule has 0 unspecified atom stereocenters. The third-order valence-electron chi connectivity index (χ3n) is 1.72. The highest BCUT2D eigenvalue weighted by Crippen LogP contribution is 2.14. The molecule has 0 bridgehead atoms. The van der Waals surface area contributed by atoms with Gasteiger partial charge in [-0.1, -0.05) is 11.8 Å². The smallest absolute Gasteiger partial charge is 0.313 e. The van der Waals surface area contributed by atoms with Gasteiger partial charge in [-0.25, -0.2) is 4.98 Å². The van der Waals surface area contributed by atoms with Crippen LogP contribution in [0.2, 0.25) is 0 Å². The number of carboxylic acids is 1. The van der Waals surface area contributed by atoms with Crippen LogP contribution in [-0.4, -0.2) is 45.5 Å². The largest absolute Gasteiger partial charge is 0.481 e. The number of nitrogens with two attached hydrogens (primary N) is 1. The van der Waals surface area contributed by atoms with Crippen LogP contribution in [0.1, 0.15) is 0 Å². The highest BCUT2D eigenvalue weighted by atomic mass is 32.2. The van der Waals surface area contributed by atoms with Gasteiger partial charge in [0.15, 0.2) is 5.16 Å². The number of hydrogen-bond acceptors (Lipinski definition) is 5. The second-order valence-electron chi connectivity index (χ2n) is 3.10. The molecule has 0 fully saturated rings. The minimum Gasteiger partial charge on any atom is -0.481 e. The van der Waals surface area contributed by atoms with Crippen LogP contribution in [0, 0.1) is 0 Å². The van der Waals surface area contributed by atoms with Crippen molar-refractivity contribution < 1.29 is 19.4 Å². The van der Waals surface area contributed by atoms with Crippen LogP contribution in [0.25, 0.3) is 0 Å². The maximum atomic E-state index is 10.4. The summed E-state index contributed by atoms with van der Waals surface area (Å²) in [6.45, 7) is 0.696. The minimum absolute atomic E-state index is 0.0425. The Morgan fingerprint density at radius 2 is 2.35 bits per heavy atom. The zero-order valence-electron chi connectivity index (χ0n) is 9.04. The highest BCUT2D eigenvalue weighted by Gasteiger charge is 2.06. The molecule has 0 radical (unpaired) electrons. The number of amides is 1. The van der Waals surface area contributed by atoms with Crippen molar-refractivity contribution in [1.82, 2.24) is 9.55 Å². The summed E-state index contributed by atoms with van der Waals surface area (Å²) in [5.41, 5.74) is 4.91. The van der Waals surface area contributed by atoms with Crippen molar-refractivity contribution in [3.8, 4) is 0 Å². The lowest BCUT2D eigenvalue weighted by Gasteiger charge is -2.06. The molecular weight excluding hydrogens is 246 g/mol. The average molecular weight is 259 g/mol. The molecule has 0 saturated carbocycles. The first kappa shape index (κ1) is 13.5. The highest BCUT2D eigenvalue weighted by molar-refractivity contribution is 7.99. The fourth-order valence-corrected chi connectivity index (χ4v) is 1.77. The molecule has 0 aliphatic heterocycles. The van der Waals surface area contributed by atoms with Gasteiger partial charge in [0, 0.05) is 18.9 Å². The van der Waals surface area contributed by atoms with Crippen LogP contribution >= 0.6 is 11.8 Å². The number of aliphatic carboxylic acids is 1. The van der Waals surface area contributed by atoms with E-state index in [0.29, 0.717) is 18.3 Å². The number of hydrogen-bond donors (Lipinski definition) is 2. The topological polar surface area (TPSA) is 107 Å². The van der Waals surface area contributed by atoms with Gasteiger partial charge in [0.05, 0.1) is 12.4 Å². The Morgan fingerprint density at radius 3 is 3.00 bits per heavy atom. The zero-order chi connectivity index (χ0) is 12.7. The minimum atomic E-state index is -0.894. The Balaban J connectivity index is 2.35. The zero-order valence-corrected chi connectivity index (χ0v) is 9.85. The summed E-state index contributed by atoms with van der Waals surface area (Å²) in [6, 6.07) is 0. The van der Waals surface area contributed by atoms with Gasteiger partial charge >= 0.3 is 5.97 Å². The van der Waals surface area contributed by atoms with Crippen molar-refractivity contribution >= 4 is 23.6 Å². The number of rotatable bonds is 8. The van der Waals surface area contributed by atoms with Crippen LogP contribution < -0.4 is 5.73 Å². The fourth-order valence-electron chi connectivity index (χ4n) is 1.07. The average Bonchev–Trinajstić information content (AvgIpc) is 2.68. The first-order valence-corrected chi connectivity index (χ1v) is 5.80. The second kappa shape index (κ2) is 6.92. The van der Waals surface area contributed by atoms with Gasteiger partial charge in [-0.15, -0.1) is 0 Å². The van der Waals surface area contributed by atoms with Crippen molar-refractivity contribution in [2.75, 3.05) is 19.0 Å². The molecule has 1 amide bonds. The first-order chi connectivity index (χ1) is 8.09. The molecule has 1 aromatic rings. The molecule has 0 aliphatic rings. The van der Waals surface area contributed by atoms with E-state index in [1.54, 1.807) is 17.0 Å². The van der Waals surface area contributed by atoms with Gasteiger partial charge in [0.2, 0.25) is 5.91 Å². The molecule has 0 aliphatic carbocycles. The van der Waals surface area contributed by atoms with Crippen LogP contribution in [0.3, 0.4) is 0 Å². The van der Waals surface area contributed by atoms with Crippen molar-refractivity contribution in [1.29, 1.82) is 0 Å². The lowest BCUT2D eigenvalue weighted by molar-refractivity contribution is -0.134. The molecule has 17 heavy (non-hydrogen) atoms. The van der Waals surface area contributed by atoms with E-state index in [9.17, 15) is 9.59 Å². The predicted octanol–water partition coefficient (Wildman–Crippen LogP) is -0.438. The van der Waals surface area contributed by atoms with E-state index in [2.05, 4.69) is 4.98 Å². The third kappa shape index (κ3) is 5.36. The lowest BCUT2D eigenvalue weighted by atomic mass is 10.6. The first-order valence-electron chi connectivity index (χ1n) is 4.81. The molecule has 1 rings (SSSR count). The molecule has 1 aromatic heterocycles. The lowest BCUT2D eigenvalue weighted by Crippen LogP contribution is -2.19. The SMILES string of the molecule is NC(=O)COCCn1ccnc1SCC(=O)O. The normalized spacial score (nSPS) is 10.4. The maximum Gasteiger partial charge on any atom is 0.313 e. The van der Waals surface area contributed by atoms with E-state index in [1.165, 1.54) is 0 Å². The maximum absolute atomic E-state index is 10.4. The summed E-state index contributed by atoms with van der Waals surface area (Å²) in [5, 5.41) is 9.15. The number of carbonyl (C=O) groups is 2. The molecule has 0 aromatic carbocycles. The summed E-state index contributed by atoms with van der Waals surface area (Å²) in [7, 11) is 0. The van der Waals surface area contributed by atoms with Gasteiger partial charge in [0.25, 0.3) is 0 Å². The Bertz CT molecular complexity index is 393. The van der Waals surface area contributed by atoms with Crippen molar-refractivity contribution in [3.63, 3.8) is 0 Å². The summed E-state index contributed by atoms with van der Waals surface area (Å²) >= 11 is 1.13. The molecule has 1 heterocycles. The summed E-state index contributed by atoms with van der Waals surface area (Å²) in [5.74, 6) is -1.45. The molecule has 0 saturated heterocycles. The summed E-state index contributed by atoms with van der Waals surface area (Å²) < 4.78 is 6.76. The Hall–Kier alpha value is -1.54. The number of nitrogens with zero attached hydrogens (tertiary/aromatic N) is 2. The van der Waals surface area contributed by atoms with E-state index >= 15 is 0 Å². The summed E-state index contributed by atoms with van der Waals surface area (Å²) in [4.78, 5) is 24.8. The van der Waals surface area contributed by atoms with Gasteiger partial charge in [-0.3, -0.25) is 9.59 Å². The predicted molar refractivity (Wildman–Crippen MR) is 60.6 cm³/mol. The van der Waals surface area contributed by atoms with Crippen molar-refractivity contribution in [2.45, 2.75) is 11.7 Å². The number of carbonyl (C=O) groups excluding carboxylic acids is 1. The van der Waals surface area contributed by atoms with E-state index in [1.807, 2.05) is 0 Å². The van der Waals surface area contributed by atoms with Crippen molar-refractivity contribution in [3.05, 3.63) is 12.4 Å². The van der Waals surface area contributed by atoms with E-state index < -0.39 is 11.9 Å². The standard InChI is InChI=1S/C9H13N3O4S/c10-7(13)5-16-4-3-12-2-1-11-9(12)17-6-8(14)15/h1-2H,3-6H2,(H2,10,13)(H,14,15). The van der Waals surface area contributed by atoms with Crippen LogP contribution in [-0.2, 0) is 20.9 Å². The van der Waals surface area contributed by atoms with E-state index in [0.717, 1.165) is 11.8 Å². The van der Waals surface area contributed by atoms with Gasteiger partial charge in [-0.2, -0.15) is 0 Å². The number of primary amides is 1. The molecule has 7 nitrogen and oxygen atoms in total. The van der Waals surface area contributed by atoms with Crippen molar-refractivity contribution in [2.24, 2.45) is 5.73 Å². The van der Waals surface area contributed by atoms with E-state index in [4.69, 9.17) is 15.6 Å². The molecular formula is C9H13N3O4S. The quantitative estimate of drug-likeness (QED) is 0.484. The van der Waals surface area contributed by atoms with E-state index in [-0.39, 0.29) is 12.4 Å². The second-order valence-corrected chi connectivity index (χ2v) is 4.05. The van der Waals surface area contributed by atoms with Gasteiger partial charge in [-0.05, 0) is 0 Å². The Kier molecular flexibility index (Phi) is 5.50.